The van der Waals surface area contributed by atoms with Crippen molar-refractivity contribution < 1.29 is 9.47 Å². The third-order valence-electron chi connectivity index (χ3n) is 2.92. The maximum Gasteiger partial charge on any atom is 0.161 e. The van der Waals surface area contributed by atoms with Crippen LogP contribution in [-0.2, 0) is 0 Å². The molecule has 0 saturated carbocycles. The Morgan fingerprint density at radius 1 is 1.19 bits per heavy atom. The highest BCUT2D eigenvalue weighted by Crippen LogP contribution is 2.30. The van der Waals surface area contributed by atoms with E-state index in [1.165, 1.54) is 0 Å². The summed E-state index contributed by atoms with van der Waals surface area (Å²) >= 11 is 0. The average molecular weight is 290 g/mol. The average Bonchev–Trinajstić information content (AvgIpc) is 2.47. The van der Waals surface area contributed by atoms with Crippen molar-refractivity contribution in [3.63, 3.8) is 0 Å². The lowest BCUT2D eigenvalue weighted by atomic mass is 10.1. The van der Waals surface area contributed by atoms with Gasteiger partial charge in [-0.25, -0.2) is 0 Å². The molecule has 1 atom stereocenters. The summed E-state index contributed by atoms with van der Waals surface area (Å²) in [6, 6.07) is 7.68. The van der Waals surface area contributed by atoms with E-state index in [2.05, 4.69) is 32.2 Å². The molecule has 0 aromatic heterocycles. The Bertz CT molecular complexity index is 466. The summed E-state index contributed by atoms with van der Waals surface area (Å²) < 4.78 is 11.3. The Balaban J connectivity index is 2.91. The number of nitrogens with zero attached hydrogens (tertiary/aromatic N) is 1. The van der Waals surface area contributed by atoms with Gasteiger partial charge in [0.1, 0.15) is 6.04 Å². The first-order valence-electron chi connectivity index (χ1n) is 7.64. The summed E-state index contributed by atoms with van der Waals surface area (Å²) in [6.45, 7) is 10.3. The molecular formula is C17H26N2O2. The van der Waals surface area contributed by atoms with Gasteiger partial charge in [0.25, 0.3) is 0 Å². The zero-order chi connectivity index (χ0) is 15.7. The second-order valence-corrected chi connectivity index (χ2v) is 5.35. The van der Waals surface area contributed by atoms with Gasteiger partial charge in [0.2, 0.25) is 0 Å². The van der Waals surface area contributed by atoms with Crippen LogP contribution in [0.25, 0.3) is 0 Å². The van der Waals surface area contributed by atoms with Crippen LogP contribution in [0.15, 0.2) is 18.2 Å². The van der Waals surface area contributed by atoms with Gasteiger partial charge in [-0.05, 0) is 43.5 Å². The summed E-state index contributed by atoms with van der Waals surface area (Å²) in [4.78, 5) is 0. The minimum absolute atomic E-state index is 0.327. The Labute approximate surface area is 128 Å². The van der Waals surface area contributed by atoms with E-state index in [0.717, 1.165) is 24.3 Å². The SMILES string of the molecule is CCCOc1ccc(C(C#N)NCC(C)C)cc1OCC. The largest absolute Gasteiger partial charge is 0.490 e. The van der Waals surface area contributed by atoms with Crippen LogP contribution in [0.4, 0.5) is 0 Å². The Kier molecular flexibility index (Phi) is 7.63. The summed E-state index contributed by atoms with van der Waals surface area (Å²) in [7, 11) is 0. The van der Waals surface area contributed by atoms with Gasteiger partial charge in [-0.3, -0.25) is 5.32 Å². The minimum atomic E-state index is -0.327. The first-order chi connectivity index (χ1) is 10.1. The number of nitriles is 1. The van der Waals surface area contributed by atoms with Gasteiger partial charge < -0.3 is 9.47 Å². The molecule has 0 amide bonds. The molecule has 21 heavy (non-hydrogen) atoms. The number of hydrogen-bond donors (Lipinski definition) is 1. The molecule has 0 aliphatic rings. The van der Waals surface area contributed by atoms with E-state index in [1.807, 2.05) is 25.1 Å². The van der Waals surface area contributed by atoms with E-state index >= 15 is 0 Å². The van der Waals surface area contributed by atoms with E-state index in [0.29, 0.717) is 24.9 Å². The highest BCUT2D eigenvalue weighted by atomic mass is 16.5. The van der Waals surface area contributed by atoms with Crippen molar-refractivity contribution in [1.82, 2.24) is 5.32 Å². The molecule has 1 rings (SSSR count). The van der Waals surface area contributed by atoms with Crippen LogP contribution in [0.1, 0.15) is 45.7 Å². The molecule has 0 spiro atoms. The minimum Gasteiger partial charge on any atom is -0.490 e. The topological polar surface area (TPSA) is 54.3 Å². The lowest BCUT2D eigenvalue weighted by Crippen LogP contribution is -2.24. The smallest absolute Gasteiger partial charge is 0.161 e. The highest BCUT2D eigenvalue weighted by molar-refractivity contribution is 5.45. The second-order valence-electron chi connectivity index (χ2n) is 5.35. The zero-order valence-corrected chi connectivity index (χ0v) is 13.5. The summed E-state index contributed by atoms with van der Waals surface area (Å²) in [5.41, 5.74) is 0.908. The van der Waals surface area contributed by atoms with Crippen molar-refractivity contribution >= 4 is 0 Å². The predicted octanol–water partition coefficient (Wildman–Crippen LogP) is 3.68. The van der Waals surface area contributed by atoms with Crippen LogP contribution in [0.2, 0.25) is 0 Å². The molecule has 4 nitrogen and oxygen atoms in total. The quantitative estimate of drug-likeness (QED) is 0.753. The molecule has 0 heterocycles. The fourth-order valence-corrected chi connectivity index (χ4v) is 1.90. The van der Waals surface area contributed by atoms with Crippen molar-refractivity contribution in [2.75, 3.05) is 19.8 Å². The standard InChI is InChI=1S/C17H26N2O2/c1-5-9-21-16-8-7-14(10-17(16)20-6-2)15(11-18)19-12-13(3)4/h7-8,10,13,15,19H,5-6,9,12H2,1-4H3. The molecule has 1 unspecified atom stereocenters. The number of hydrogen-bond acceptors (Lipinski definition) is 4. The van der Waals surface area contributed by atoms with Crippen LogP contribution < -0.4 is 14.8 Å². The van der Waals surface area contributed by atoms with Gasteiger partial charge >= 0.3 is 0 Å². The number of nitrogens with one attached hydrogen (secondary N) is 1. The van der Waals surface area contributed by atoms with Crippen LogP contribution in [0.5, 0.6) is 11.5 Å². The van der Waals surface area contributed by atoms with Gasteiger partial charge in [0, 0.05) is 0 Å². The zero-order valence-electron chi connectivity index (χ0n) is 13.5. The molecular weight excluding hydrogens is 264 g/mol. The summed E-state index contributed by atoms with van der Waals surface area (Å²) in [5.74, 6) is 1.94. The lowest BCUT2D eigenvalue weighted by Gasteiger charge is -2.17. The van der Waals surface area contributed by atoms with Gasteiger partial charge in [-0.1, -0.05) is 26.8 Å². The van der Waals surface area contributed by atoms with Gasteiger partial charge in [0.05, 0.1) is 19.3 Å². The van der Waals surface area contributed by atoms with Gasteiger partial charge in [0.15, 0.2) is 11.5 Å². The Morgan fingerprint density at radius 2 is 1.95 bits per heavy atom. The van der Waals surface area contributed by atoms with Crippen molar-refractivity contribution in [2.24, 2.45) is 5.92 Å². The molecule has 116 valence electrons. The highest BCUT2D eigenvalue weighted by Gasteiger charge is 2.14. The van der Waals surface area contributed by atoms with E-state index in [-0.39, 0.29) is 6.04 Å². The lowest BCUT2D eigenvalue weighted by molar-refractivity contribution is 0.276. The molecule has 1 aromatic carbocycles. The number of rotatable bonds is 9. The van der Waals surface area contributed by atoms with Crippen molar-refractivity contribution in [2.45, 2.75) is 40.2 Å². The molecule has 0 saturated heterocycles. The molecule has 4 heteroatoms. The third-order valence-corrected chi connectivity index (χ3v) is 2.92. The van der Waals surface area contributed by atoms with Gasteiger partial charge in [-0.2, -0.15) is 5.26 Å². The van der Waals surface area contributed by atoms with E-state index in [9.17, 15) is 5.26 Å². The summed E-state index contributed by atoms with van der Waals surface area (Å²) in [5, 5.41) is 12.6. The molecule has 0 aliphatic carbocycles. The van der Waals surface area contributed by atoms with Crippen molar-refractivity contribution in [3.05, 3.63) is 23.8 Å². The molecule has 0 radical (unpaired) electrons. The third kappa shape index (κ3) is 5.65. The second kappa shape index (κ2) is 9.25. The maximum absolute atomic E-state index is 9.34. The van der Waals surface area contributed by atoms with E-state index in [1.54, 1.807) is 0 Å². The van der Waals surface area contributed by atoms with Crippen molar-refractivity contribution in [1.29, 1.82) is 5.26 Å². The molecule has 0 bridgehead atoms. The normalized spacial score (nSPS) is 12.0. The molecule has 0 fully saturated rings. The van der Waals surface area contributed by atoms with Crippen LogP contribution in [0.3, 0.4) is 0 Å². The van der Waals surface area contributed by atoms with Crippen LogP contribution in [-0.4, -0.2) is 19.8 Å². The molecule has 0 aliphatic heterocycles. The van der Waals surface area contributed by atoms with E-state index < -0.39 is 0 Å². The monoisotopic (exact) mass is 290 g/mol. The first kappa shape index (κ1) is 17.3. The first-order valence-corrected chi connectivity index (χ1v) is 7.64. The molecule has 1 N–H and O–H groups in total. The fraction of sp³-hybridized carbons (Fsp3) is 0.588. The van der Waals surface area contributed by atoms with Crippen LogP contribution >= 0.6 is 0 Å². The van der Waals surface area contributed by atoms with Crippen LogP contribution in [0, 0.1) is 17.2 Å². The van der Waals surface area contributed by atoms with Gasteiger partial charge in [-0.15, -0.1) is 0 Å². The number of ether oxygens (including phenoxy) is 2. The van der Waals surface area contributed by atoms with E-state index in [4.69, 9.17) is 9.47 Å². The van der Waals surface area contributed by atoms with Crippen molar-refractivity contribution in [3.8, 4) is 17.6 Å². The fourth-order valence-electron chi connectivity index (χ4n) is 1.90. The predicted molar refractivity (Wildman–Crippen MR) is 84.6 cm³/mol. The Morgan fingerprint density at radius 3 is 2.52 bits per heavy atom. The summed E-state index contributed by atoms with van der Waals surface area (Å²) in [6.07, 6.45) is 0.948. The maximum atomic E-state index is 9.34. The Hall–Kier alpha value is -1.73. The number of benzene rings is 1. The molecule has 1 aromatic rings.